The Hall–Kier alpha value is -3.90. The smallest absolute Gasteiger partial charge is 0.00268 e. The quantitative estimate of drug-likeness (QED) is 0.278. The lowest BCUT2D eigenvalue weighted by Crippen LogP contribution is -1.95. The molecule has 0 amide bonds. The van der Waals surface area contributed by atoms with Gasteiger partial charge < -0.3 is 0 Å². The third-order valence-corrected chi connectivity index (χ3v) is 6.64. The van der Waals surface area contributed by atoms with Crippen molar-refractivity contribution < 1.29 is 0 Å². The van der Waals surface area contributed by atoms with Crippen molar-refractivity contribution in [3.8, 4) is 11.1 Å². The minimum Gasteiger partial charge on any atom is -0.0984 e. The molecule has 3 aromatic rings. The summed E-state index contributed by atoms with van der Waals surface area (Å²) in [5.41, 5.74) is 11.2. The first-order valence-electron chi connectivity index (χ1n) is 13.0. The van der Waals surface area contributed by atoms with Crippen molar-refractivity contribution in [1.82, 2.24) is 0 Å². The minimum absolute atomic E-state index is 1.07. The van der Waals surface area contributed by atoms with Gasteiger partial charge in [0.1, 0.15) is 0 Å². The number of hydrogen-bond donors (Lipinski definition) is 0. The molecule has 0 spiro atoms. The number of aryl methyl sites for hydroxylation is 2. The summed E-state index contributed by atoms with van der Waals surface area (Å²) in [4.78, 5) is 0. The van der Waals surface area contributed by atoms with Gasteiger partial charge in [0.15, 0.2) is 0 Å². The second kappa shape index (κ2) is 14.6. The van der Waals surface area contributed by atoms with Gasteiger partial charge in [-0.2, -0.15) is 0 Å². The number of benzene rings is 3. The maximum absolute atomic E-state index is 4.04. The first-order chi connectivity index (χ1) is 17.9. The predicted molar refractivity (Wildman–Crippen MR) is 170 cm³/mol. The Balaban J connectivity index is 0.000000283. The fraction of sp³-hybridized carbons (Fsp3) is 0.189. The Labute approximate surface area is 225 Å². The van der Waals surface area contributed by atoms with E-state index in [1.807, 2.05) is 44.2 Å². The van der Waals surface area contributed by atoms with Crippen molar-refractivity contribution >= 4 is 22.9 Å². The summed E-state index contributed by atoms with van der Waals surface area (Å²) in [6.45, 7) is 24.6. The van der Waals surface area contributed by atoms with Crippen LogP contribution in [0.4, 0.5) is 0 Å². The van der Waals surface area contributed by atoms with Crippen LogP contribution >= 0.6 is 0 Å². The lowest BCUT2D eigenvalue weighted by molar-refractivity contribution is 1.08. The molecule has 3 aromatic carbocycles. The highest BCUT2D eigenvalue weighted by Gasteiger charge is 2.14. The first kappa shape index (κ1) is 29.3. The molecule has 0 saturated heterocycles. The topological polar surface area (TPSA) is 0 Å². The molecular formula is C37H42. The second-order valence-corrected chi connectivity index (χ2v) is 9.05. The maximum atomic E-state index is 4.04. The largest absolute Gasteiger partial charge is 0.0984 e. The number of rotatable bonds is 8. The Morgan fingerprint density at radius 1 is 0.811 bits per heavy atom. The molecular weight excluding hydrogens is 444 g/mol. The molecule has 0 fully saturated rings. The van der Waals surface area contributed by atoms with Gasteiger partial charge in [-0.1, -0.05) is 135 Å². The van der Waals surface area contributed by atoms with E-state index in [1.165, 1.54) is 55.3 Å². The van der Waals surface area contributed by atoms with E-state index in [1.54, 1.807) is 0 Å². The van der Waals surface area contributed by atoms with Crippen LogP contribution in [0.2, 0.25) is 0 Å². The van der Waals surface area contributed by atoms with Crippen molar-refractivity contribution in [1.29, 1.82) is 0 Å². The van der Waals surface area contributed by atoms with Crippen LogP contribution in [-0.2, 0) is 0 Å². The van der Waals surface area contributed by atoms with E-state index >= 15 is 0 Å². The Kier molecular flexibility index (Phi) is 11.6. The summed E-state index contributed by atoms with van der Waals surface area (Å²) in [5, 5.41) is 2.54. The highest BCUT2D eigenvalue weighted by molar-refractivity contribution is 6.05. The van der Waals surface area contributed by atoms with Crippen molar-refractivity contribution in [2.45, 2.75) is 48.0 Å². The molecule has 0 nitrogen and oxygen atoms in total. The van der Waals surface area contributed by atoms with Gasteiger partial charge in [0.2, 0.25) is 0 Å². The van der Waals surface area contributed by atoms with Crippen LogP contribution in [0.15, 0.2) is 121 Å². The van der Waals surface area contributed by atoms with Crippen LogP contribution in [0.1, 0.15) is 56.4 Å². The lowest BCUT2D eigenvalue weighted by Gasteiger charge is -2.17. The zero-order valence-electron chi connectivity index (χ0n) is 23.6. The van der Waals surface area contributed by atoms with Crippen LogP contribution in [-0.4, -0.2) is 0 Å². The van der Waals surface area contributed by atoms with Crippen LogP contribution in [0, 0.1) is 13.8 Å². The monoisotopic (exact) mass is 486 g/mol. The predicted octanol–water partition coefficient (Wildman–Crippen LogP) is 11.4. The molecule has 0 aliphatic heterocycles. The number of hydrogen-bond acceptors (Lipinski definition) is 0. The molecule has 0 aliphatic carbocycles. The van der Waals surface area contributed by atoms with E-state index in [9.17, 15) is 0 Å². The average molecular weight is 487 g/mol. The summed E-state index contributed by atoms with van der Waals surface area (Å²) >= 11 is 0. The van der Waals surface area contributed by atoms with Gasteiger partial charge in [-0.25, -0.2) is 0 Å². The molecule has 0 saturated carbocycles. The third kappa shape index (κ3) is 7.08. The van der Waals surface area contributed by atoms with E-state index in [-0.39, 0.29) is 0 Å². The summed E-state index contributed by atoms with van der Waals surface area (Å²) in [6.07, 6.45) is 17.3. The van der Waals surface area contributed by atoms with Crippen molar-refractivity contribution in [3.05, 3.63) is 144 Å². The fourth-order valence-corrected chi connectivity index (χ4v) is 4.47. The van der Waals surface area contributed by atoms with Crippen LogP contribution < -0.4 is 0 Å². The van der Waals surface area contributed by atoms with E-state index < -0.39 is 0 Å². The van der Waals surface area contributed by atoms with Crippen molar-refractivity contribution in [2.75, 3.05) is 0 Å². The molecule has 0 atom stereocenters. The molecule has 0 heterocycles. The Morgan fingerprint density at radius 2 is 1.43 bits per heavy atom. The molecule has 0 unspecified atom stereocenters. The van der Waals surface area contributed by atoms with Crippen LogP contribution in [0.3, 0.4) is 0 Å². The van der Waals surface area contributed by atoms with Gasteiger partial charge in [0, 0.05) is 0 Å². The van der Waals surface area contributed by atoms with Crippen molar-refractivity contribution in [3.63, 3.8) is 0 Å². The molecule has 3 rings (SSSR count). The minimum atomic E-state index is 1.07. The summed E-state index contributed by atoms with van der Waals surface area (Å²) < 4.78 is 0. The van der Waals surface area contributed by atoms with E-state index in [4.69, 9.17) is 0 Å². The second-order valence-electron chi connectivity index (χ2n) is 9.05. The highest BCUT2D eigenvalue weighted by Crippen LogP contribution is 2.38. The molecule has 0 radical (unpaired) electrons. The molecule has 0 aliphatic rings. The molecule has 0 bridgehead atoms. The van der Waals surface area contributed by atoms with E-state index in [0.717, 1.165) is 12.0 Å². The summed E-state index contributed by atoms with van der Waals surface area (Å²) in [7, 11) is 0. The third-order valence-electron chi connectivity index (χ3n) is 6.64. The molecule has 0 N–H and O–H groups in total. The van der Waals surface area contributed by atoms with Crippen LogP contribution in [0.5, 0.6) is 0 Å². The highest BCUT2D eigenvalue weighted by atomic mass is 14.2. The molecule has 0 aromatic heterocycles. The molecule has 0 heteroatoms. The Morgan fingerprint density at radius 3 is 1.95 bits per heavy atom. The van der Waals surface area contributed by atoms with E-state index in [0.29, 0.717) is 0 Å². The maximum Gasteiger partial charge on any atom is -0.00268 e. The zero-order chi connectivity index (χ0) is 27.4. The normalized spacial score (nSPS) is 12.3. The van der Waals surface area contributed by atoms with E-state index in [2.05, 4.69) is 114 Å². The Bertz CT molecular complexity index is 1370. The first-order valence-corrected chi connectivity index (χ1v) is 13.0. The standard InChI is InChI=1S/C22H20.C15H22/c1-5-18-16(4)20-9-7-8-10-21(20)22(19(18)6-2)17-13-11-15(3)12-14-17;1-6-10-12-14(9-4)15(11-7-2)13(5)8-3/h5-14H,1-2H2,3-4H3;6-7,9-12H,4,8H2,1-3,5H3/b;10-6-,11-7-,14-12+,15-13-. The van der Waals surface area contributed by atoms with Crippen LogP contribution in [0.25, 0.3) is 34.1 Å². The van der Waals surface area contributed by atoms with Gasteiger partial charge in [-0.05, 0) is 90.8 Å². The number of allylic oxidation sites excluding steroid dienone is 9. The van der Waals surface area contributed by atoms with Gasteiger partial charge in [0.05, 0.1) is 0 Å². The molecule has 37 heavy (non-hydrogen) atoms. The SMILES string of the molecule is C=CC(=C\C=C/C)/C(/C=C\C)=C(/C)CC.C=Cc1c(C=C)c(-c2ccc(C)cc2)c2ccccc2c1C. The number of fused-ring (bicyclic) bond motifs is 1. The van der Waals surface area contributed by atoms with Gasteiger partial charge in [0.25, 0.3) is 0 Å². The fourth-order valence-electron chi connectivity index (χ4n) is 4.47. The van der Waals surface area contributed by atoms with Gasteiger partial charge in [-0.15, -0.1) is 0 Å². The van der Waals surface area contributed by atoms with Crippen molar-refractivity contribution in [2.24, 2.45) is 0 Å². The van der Waals surface area contributed by atoms with Gasteiger partial charge >= 0.3 is 0 Å². The lowest BCUT2D eigenvalue weighted by atomic mass is 9.86. The van der Waals surface area contributed by atoms with Gasteiger partial charge in [-0.3, -0.25) is 0 Å². The zero-order valence-corrected chi connectivity index (χ0v) is 23.6. The average Bonchev–Trinajstić information content (AvgIpc) is 2.93. The molecule has 190 valence electrons. The summed E-state index contributed by atoms with van der Waals surface area (Å²) in [6, 6.07) is 17.3. The summed E-state index contributed by atoms with van der Waals surface area (Å²) in [5.74, 6) is 0.